The monoisotopic (exact) mass is 301 g/mol. The van der Waals surface area contributed by atoms with Crippen molar-refractivity contribution in [3.05, 3.63) is 52.2 Å². The molecule has 0 fully saturated rings. The van der Waals surface area contributed by atoms with Gasteiger partial charge in [-0.1, -0.05) is 6.07 Å². The van der Waals surface area contributed by atoms with Gasteiger partial charge in [0, 0.05) is 11.3 Å². The molecule has 0 unspecified atom stereocenters. The van der Waals surface area contributed by atoms with Crippen molar-refractivity contribution < 1.29 is 4.74 Å². The van der Waals surface area contributed by atoms with Gasteiger partial charge in [0.2, 0.25) is 5.88 Å². The number of halogens is 1. The Kier molecular flexibility index (Phi) is 4.16. The zero-order valence-electron chi connectivity index (χ0n) is 12.6. The Balaban J connectivity index is 1.93. The summed E-state index contributed by atoms with van der Waals surface area (Å²) in [6, 6.07) is 8.43. The SMILES string of the molecule is Cc1cc(C)c(CCl)c(Oc2ccc3c(c2)CCCC3)n1. The van der Waals surface area contributed by atoms with E-state index in [0.717, 1.165) is 29.0 Å². The molecule has 1 aliphatic rings. The molecule has 2 aromatic rings. The van der Waals surface area contributed by atoms with E-state index in [0.29, 0.717) is 11.8 Å². The van der Waals surface area contributed by atoms with E-state index in [4.69, 9.17) is 16.3 Å². The second kappa shape index (κ2) is 6.07. The average molecular weight is 302 g/mol. The van der Waals surface area contributed by atoms with Crippen LogP contribution in [0.25, 0.3) is 0 Å². The number of fused-ring (bicyclic) bond motifs is 1. The first-order chi connectivity index (χ1) is 10.2. The van der Waals surface area contributed by atoms with Crippen molar-refractivity contribution in [2.75, 3.05) is 0 Å². The van der Waals surface area contributed by atoms with Gasteiger partial charge >= 0.3 is 0 Å². The van der Waals surface area contributed by atoms with Crippen LogP contribution in [0.1, 0.15) is 40.8 Å². The lowest BCUT2D eigenvalue weighted by molar-refractivity contribution is 0.455. The number of rotatable bonds is 3. The first-order valence-corrected chi connectivity index (χ1v) is 8.03. The van der Waals surface area contributed by atoms with E-state index in [9.17, 15) is 0 Å². The third-order valence-electron chi connectivity index (χ3n) is 4.11. The molecule has 3 heteroatoms. The average Bonchev–Trinajstić information content (AvgIpc) is 2.47. The van der Waals surface area contributed by atoms with Gasteiger partial charge in [-0.2, -0.15) is 0 Å². The molecule has 0 spiro atoms. The van der Waals surface area contributed by atoms with E-state index in [2.05, 4.69) is 17.1 Å². The van der Waals surface area contributed by atoms with Crippen LogP contribution in [0, 0.1) is 13.8 Å². The third-order valence-corrected chi connectivity index (χ3v) is 4.37. The summed E-state index contributed by atoms with van der Waals surface area (Å²) in [6.07, 6.45) is 4.90. The van der Waals surface area contributed by atoms with E-state index in [-0.39, 0.29) is 0 Å². The predicted molar refractivity (Wildman–Crippen MR) is 86.4 cm³/mol. The molecule has 0 saturated carbocycles. The summed E-state index contributed by atoms with van der Waals surface area (Å²) in [5, 5.41) is 0. The Hall–Kier alpha value is -1.54. The molecule has 0 saturated heterocycles. The number of hydrogen-bond acceptors (Lipinski definition) is 2. The molecule has 0 aliphatic heterocycles. The van der Waals surface area contributed by atoms with Gasteiger partial charge < -0.3 is 4.74 Å². The van der Waals surface area contributed by atoms with Crippen LogP contribution in [0.15, 0.2) is 24.3 Å². The number of ether oxygens (including phenoxy) is 1. The molecular formula is C18H20ClNO. The van der Waals surface area contributed by atoms with Gasteiger partial charge in [-0.05, 0) is 74.4 Å². The van der Waals surface area contributed by atoms with Crippen LogP contribution in [0.4, 0.5) is 0 Å². The highest BCUT2D eigenvalue weighted by Crippen LogP contribution is 2.31. The maximum Gasteiger partial charge on any atom is 0.224 e. The second-order valence-corrected chi connectivity index (χ2v) is 6.00. The summed E-state index contributed by atoms with van der Waals surface area (Å²) in [6.45, 7) is 4.02. The highest BCUT2D eigenvalue weighted by Gasteiger charge is 2.13. The van der Waals surface area contributed by atoms with E-state index in [1.165, 1.54) is 30.4 Å². The lowest BCUT2D eigenvalue weighted by atomic mass is 9.92. The molecule has 0 bridgehead atoms. The van der Waals surface area contributed by atoms with Crippen LogP contribution in [-0.2, 0) is 18.7 Å². The molecular weight excluding hydrogens is 282 g/mol. The largest absolute Gasteiger partial charge is 0.439 e. The third kappa shape index (κ3) is 3.06. The fraction of sp³-hybridized carbons (Fsp3) is 0.389. The van der Waals surface area contributed by atoms with Gasteiger partial charge in [0.15, 0.2) is 0 Å². The number of pyridine rings is 1. The normalized spacial score (nSPS) is 13.9. The molecule has 1 aliphatic carbocycles. The lowest BCUT2D eigenvalue weighted by Gasteiger charge is -2.17. The quantitative estimate of drug-likeness (QED) is 0.735. The van der Waals surface area contributed by atoms with Gasteiger partial charge in [0.25, 0.3) is 0 Å². The van der Waals surface area contributed by atoms with Crippen molar-refractivity contribution in [2.24, 2.45) is 0 Å². The molecule has 0 N–H and O–H groups in total. The Morgan fingerprint density at radius 1 is 1.10 bits per heavy atom. The number of aryl methyl sites for hydroxylation is 4. The molecule has 1 heterocycles. The number of hydrogen-bond donors (Lipinski definition) is 0. The van der Waals surface area contributed by atoms with Crippen molar-refractivity contribution in [1.29, 1.82) is 0 Å². The summed E-state index contributed by atoms with van der Waals surface area (Å²) >= 11 is 6.05. The van der Waals surface area contributed by atoms with Gasteiger partial charge in [0.05, 0.1) is 5.88 Å². The van der Waals surface area contributed by atoms with E-state index in [1.54, 1.807) is 0 Å². The predicted octanol–water partition coefficient (Wildman–Crippen LogP) is 5.11. The second-order valence-electron chi connectivity index (χ2n) is 5.74. The van der Waals surface area contributed by atoms with Gasteiger partial charge in [-0.25, -0.2) is 4.98 Å². The fourth-order valence-corrected chi connectivity index (χ4v) is 3.29. The molecule has 110 valence electrons. The van der Waals surface area contributed by atoms with Crippen LogP contribution in [-0.4, -0.2) is 4.98 Å². The van der Waals surface area contributed by atoms with E-state index < -0.39 is 0 Å². The van der Waals surface area contributed by atoms with Crippen LogP contribution in [0.2, 0.25) is 0 Å². The highest BCUT2D eigenvalue weighted by molar-refractivity contribution is 6.17. The molecule has 3 rings (SSSR count). The van der Waals surface area contributed by atoms with Crippen LogP contribution < -0.4 is 4.74 Å². The topological polar surface area (TPSA) is 22.1 Å². The Labute approximate surface area is 131 Å². The number of alkyl halides is 1. The van der Waals surface area contributed by atoms with E-state index >= 15 is 0 Å². The molecule has 1 aromatic carbocycles. The molecule has 1 aromatic heterocycles. The van der Waals surface area contributed by atoms with Crippen molar-refractivity contribution in [2.45, 2.75) is 45.4 Å². The standard InChI is InChI=1S/C18H20ClNO/c1-12-9-13(2)20-18(17(12)11-19)21-16-8-7-14-5-3-4-6-15(14)10-16/h7-10H,3-6,11H2,1-2H3. The smallest absolute Gasteiger partial charge is 0.224 e. The first-order valence-electron chi connectivity index (χ1n) is 7.50. The van der Waals surface area contributed by atoms with Crippen LogP contribution >= 0.6 is 11.6 Å². The maximum atomic E-state index is 6.05. The Morgan fingerprint density at radius 3 is 2.62 bits per heavy atom. The van der Waals surface area contributed by atoms with Gasteiger partial charge in [-0.15, -0.1) is 11.6 Å². The van der Waals surface area contributed by atoms with Gasteiger partial charge in [0.1, 0.15) is 5.75 Å². The van der Waals surface area contributed by atoms with Crippen LogP contribution in [0.5, 0.6) is 11.6 Å². The van der Waals surface area contributed by atoms with Crippen LogP contribution in [0.3, 0.4) is 0 Å². The van der Waals surface area contributed by atoms with Gasteiger partial charge in [-0.3, -0.25) is 0 Å². The summed E-state index contributed by atoms with van der Waals surface area (Å²) in [7, 11) is 0. The molecule has 2 nitrogen and oxygen atoms in total. The number of benzene rings is 1. The summed E-state index contributed by atoms with van der Waals surface area (Å²) in [5.74, 6) is 1.91. The number of nitrogens with zero attached hydrogens (tertiary/aromatic N) is 1. The Morgan fingerprint density at radius 2 is 1.86 bits per heavy atom. The summed E-state index contributed by atoms with van der Waals surface area (Å²) in [5.41, 5.74) is 5.93. The molecule has 0 amide bonds. The minimum absolute atomic E-state index is 0.416. The zero-order chi connectivity index (χ0) is 14.8. The maximum absolute atomic E-state index is 6.05. The minimum atomic E-state index is 0.416. The lowest BCUT2D eigenvalue weighted by Crippen LogP contribution is -2.03. The number of aromatic nitrogens is 1. The Bertz CT molecular complexity index is 667. The zero-order valence-corrected chi connectivity index (χ0v) is 13.3. The fourth-order valence-electron chi connectivity index (χ4n) is 2.96. The minimum Gasteiger partial charge on any atom is -0.439 e. The van der Waals surface area contributed by atoms with Crippen molar-refractivity contribution in [1.82, 2.24) is 4.98 Å². The van der Waals surface area contributed by atoms with Crippen molar-refractivity contribution in [3.8, 4) is 11.6 Å². The summed E-state index contributed by atoms with van der Waals surface area (Å²) in [4.78, 5) is 4.51. The first kappa shape index (κ1) is 14.4. The highest BCUT2D eigenvalue weighted by atomic mass is 35.5. The van der Waals surface area contributed by atoms with Crippen molar-refractivity contribution >= 4 is 11.6 Å². The molecule has 0 radical (unpaired) electrons. The summed E-state index contributed by atoms with van der Waals surface area (Å²) < 4.78 is 6.03. The van der Waals surface area contributed by atoms with E-state index in [1.807, 2.05) is 26.0 Å². The molecule has 0 atom stereocenters. The van der Waals surface area contributed by atoms with Crippen molar-refractivity contribution in [3.63, 3.8) is 0 Å². The molecule has 21 heavy (non-hydrogen) atoms.